The molecule has 0 bridgehead atoms. The standard InChI is InChI=1S/C24H16N2O4S/c27-23-21(31-24(28)26-23)11-19-10-17-12-25-13-20(22(17)30-19)16-6-8-18(9-7-16)29-14-15-4-2-1-3-5-15/h1-13H,14H2,(H,26,27,28). The summed E-state index contributed by atoms with van der Waals surface area (Å²) in [4.78, 5) is 27.8. The van der Waals surface area contributed by atoms with Crippen molar-refractivity contribution in [2.75, 3.05) is 0 Å². The number of aromatic nitrogens is 1. The molecule has 152 valence electrons. The van der Waals surface area contributed by atoms with Gasteiger partial charge in [0.2, 0.25) is 0 Å². The highest BCUT2D eigenvalue weighted by Crippen LogP contribution is 2.33. The van der Waals surface area contributed by atoms with Crippen molar-refractivity contribution in [2.24, 2.45) is 0 Å². The predicted molar refractivity (Wildman–Crippen MR) is 119 cm³/mol. The van der Waals surface area contributed by atoms with Crippen LogP contribution in [0.25, 0.3) is 28.2 Å². The van der Waals surface area contributed by atoms with Crippen LogP contribution in [0.5, 0.6) is 5.75 Å². The zero-order valence-corrected chi connectivity index (χ0v) is 17.0. The van der Waals surface area contributed by atoms with Gasteiger partial charge in [0.15, 0.2) is 0 Å². The minimum absolute atomic E-state index is 0.304. The average Bonchev–Trinajstić information content (AvgIpc) is 3.35. The lowest BCUT2D eigenvalue weighted by Gasteiger charge is -2.08. The number of hydrogen-bond acceptors (Lipinski definition) is 6. The van der Waals surface area contributed by atoms with Crippen LogP contribution in [0.3, 0.4) is 0 Å². The van der Waals surface area contributed by atoms with Gasteiger partial charge in [0.1, 0.15) is 23.7 Å². The van der Waals surface area contributed by atoms with Crippen molar-refractivity contribution in [1.82, 2.24) is 10.3 Å². The molecule has 1 saturated heterocycles. The number of fused-ring (bicyclic) bond motifs is 1. The quantitative estimate of drug-likeness (QED) is 0.429. The Balaban J connectivity index is 1.40. The van der Waals surface area contributed by atoms with Gasteiger partial charge < -0.3 is 9.15 Å². The summed E-state index contributed by atoms with van der Waals surface area (Å²) in [6.07, 6.45) is 5.01. The van der Waals surface area contributed by atoms with Gasteiger partial charge in [0.05, 0.1) is 4.91 Å². The van der Waals surface area contributed by atoms with E-state index in [4.69, 9.17) is 9.15 Å². The molecule has 0 atom stereocenters. The van der Waals surface area contributed by atoms with Gasteiger partial charge in [-0.3, -0.25) is 19.9 Å². The lowest BCUT2D eigenvalue weighted by atomic mass is 10.1. The molecule has 7 heteroatoms. The molecular weight excluding hydrogens is 412 g/mol. The normalized spacial score (nSPS) is 14.9. The van der Waals surface area contributed by atoms with Gasteiger partial charge in [-0.25, -0.2) is 0 Å². The monoisotopic (exact) mass is 428 g/mol. The van der Waals surface area contributed by atoms with Gasteiger partial charge in [-0.2, -0.15) is 0 Å². The smallest absolute Gasteiger partial charge is 0.290 e. The van der Waals surface area contributed by atoms with Gasteiger partial charge >= 0.3 is 0 Å². The highest BCUT2D eigenvalue weighted by molar-refractivity contribution is 8.18. The van der Waals surface area contributed by atoms with Crippen molar-refractivity contribution >= 4 is 40.0 Å². The maximum atomic E-state index is 11.8. The van der Waals surface area contributed by atoms with E-state index in [0.29, 0.717) is 22.9 Å². The second kappa shape index (κ2) is 8.12. The number of furan rings is 1. The Morgan fingerprint density at radius 2 is 1.84 bits per heavy atom. The molecule has 2 aromatic carbocycles. The number of benzene rings is 2. The third-order valence-electron chi connectivity index (χ3n) is 4.77. The van der Waals surface area contributed by atoms with Crippen LogP contribution in [0.1, 0.15) is 11.3 Å². The number of amides is 2. The minimum Gasteiger partial charge on any atom is -0.489 e. The van der Waals surface area contributed by atoms with Crippen molar-refractivity contribution < 1.29 is 18.7 Å². The first kappa shape index (κ1) is 19.1. The Morgan fingerprint density at radius 3 is 2.58 bits per heavy atom. The Bertz CT molecular complexity index is 1310. The molecule has 6 nitrogen and oxygen atoms in total. The van der Waals surface area contributed by atoms with Crippen LogP contribution in [0, 0.1) is 0 Å². The summed E-state index contributed by atoms with van der Waals surface area (Å²) in [5.41, 5.74) is 3.53. The summed E-state index contributed by atoms with van der Waals surface area (Å²) in [6.45, 7) is 0.502. The Hall–Kier alpha value is -3.84. The summed E-state index contributed by atoms with van der Waals surface area (Å²) in [5, 5.41) is 2.66. The molecule has 2 aromatic heterocycles. The van der Waals surface area contributed by atoms with Crippen molar-refractivity contribution in [1.29, 1.82) is 0 Å². The fourth-order valence-electron chi connectivity index (χ4n) is 3.28. The average molecular weight is 428 g/mol. The van der Waals surface area contributed by atoms with Crippen molar-refractivity contribution in [3.05, 3.63) is 89.3 Å². The van der Waals surface area contributed by atoms with Crippen LogP contribution in [0.2, 0.25) is 0 Å². The van der Waals surface area contributed by atoms with E-state index in [1.165, 1.54) is 0 Å². The molecule has 4 aromatic rings. The van der Waals surface area contributed by atoms with Crippen LogP contribution in [-0.2, 0) is 11.4 Å². The number of rotatable bonds is 5. The highest BCUT2D eigenvalue weighted by atomic mass is 32.2. The van der Waals surface area contributed by atoms with Gasteiger partial charge in [-0.1, -0.05) is 42.5 Å². The first-order valence-electron chi connectivity index (χ1n) is 9.55. The third kappa shape index (κ3) is 4.08. The maximum absolute atomic E-state index is 11.8. The second-order valence-corrected chi connectivity index (χ2v) is 7.92. The van der Waals surface area contributed by atoms with Crippen molar-refractivity contribution in [3.63, 3.8) is 0 Å². The van der Waals surface area contributed by atoms with E-state index >= 15 is 0 Å². The van der Waals surface area contributed by atoms with Crippen LogP contribution < -0.4 is 10.1 Å². The fraction of sp³-hybridized carbons (Fsp3) is 0.0417. The summed E-state index contributed by atoms with van der Waals surface area (Å²) in [7, 11) is 0. The zero-order chi connectivity index (χ0) is 21.2. The Morgan fingerprint density at radius 1 is 1.03 bits per heavy atom. The first-order valence-corrected chi connectivity index (χ1v) is 10.4. The van der Waals surface area contributed by atoms with E-state index in [0.717, 1.165) is 39.6 Å². The fourth-order valence-corrected chi connectivity index (χ4v) is 3.94. The van der Waals surface area contributed by atoms with Crippen molar-refractivity contribution in [3.8, 4) is 16.9 Å². The molecule has 1 aliphatic heterocycles. The molecule has 1 fully saturated rings. The van der Waals surface area contributed by atoms with Gasteiger partial charge in [0.25, 0.3) is 11.1 Å². The Labute approximate surface area is 181 Å². The van der Waals surface area contributed by atoms with Gasteiger partial charge in [-0.15, -0.1) is 0 Å². The maximum Gasteiger partial charge on any atom is 0.290 e. The van der Waals surface area contributed by atoms with E-state index in [1.54, 1.807) is 24.5 Å². The number of imide groups is 1. The molecule has 31 heavy (non-hydrogen) atoms. The van der Waals surface area contributed by atoms with E-state index < -0.39 is 5.91 Å². The molecule has 0 radical (unpaired) electrons. The predicted octanol–water partition coefficient (Wildman–Crippen LogP) is 5.40. The number of thioether (sulfide) groups is 1. The highest BCUT2D eigenvalue weighted by Gasteiger charge is 2.25. The molecule has 1 N–H and O–H groups in total. The SMILES string of the molecule is O=C1NC(=O)C(=Cc2cc3cncc(-c4ccc(OCc5ccccc5)cc4)c3o2)S1. The van der Waals surface area contributed by atoms with E-state index in [2.05, 4.69) is 10.3 Å². The third-order valence-corrected chi connectivity index (χ3v) is 5.58. The molecule has 0 unspecified atom stereocenters. The van der Waals surface area contributed by atoms with Crippen LogP contribution >= 0.6 is 11.8 Å². The Kier molecular flexibility index (Phi) is 5.01. The number of pyridine rings is 1. The van der Waals surface area contributed by atoms with Gasteiger partial charge in [-0.05, 0) is 41.1 Å². The van der Waals surface area contributed by atoms with Crippen LogP contribution in [0.15, 0.2) is 82.4 Å². The summed E-state index contributed by atoms with van der Waals surface area (Å²) < 4.78 is 11.8. The number of carbonyl (C=O) groups is 2. The molecule has 5 rings (SSSR count). The largest absolute Gasteiger partial charge is 0.489 e. The lowest BCUT2D eigenvalue weighted by Crippen LogP contribution is -2.17. The first-order chi connectivity index (χ1) is 15.2. The van der Waals surface area contributed by atoms with Crippen LogP contribution in [-0.4, -0.2) is 16.1 Å². The molecule has 0 aliphatic carbocycles. The van der Waals surface area contributed by atoms with E-state index in [-0.39, 0.29) is 5.24 Å². The molecule has 2 amide bonds. The molecule has 0 spiro atoms. The number of carbonyl (C=O) groups excluding carboxylic acids is 2. The summed E-state index contributed by atoms with van der Waals surface area (Å²) in [5.74, 6) is 0.839. The molecular formula is C24H16N2O4S. The topological polar surface area (TPSA) is 81.4 Å². The number of ether oxygens (including phenoxy) is 1. The second-order valence-electron chi connectivity index (χ2n) is 6.91. The van der Waals surface area contributed by atoms with Gasteiger partial charge in [0, 0.05) is 29.4 Å². The minimum atomic E-state index is -0.417. The molecule has 0 saturated carbocycles. The summed E-state index contributed by atoms with van der Waals surface area (Å²) >= 11 is 0.856. The van der Waals surface area contributed by atoms with E-state index in [9.17, 15) is 9.59 Å². The molecule has 1 aliphatic rings. The number of nitrogens with zero attached hydrogens (tertiary/aromatic N) is 1. The number of hydrogen-bond donors (Lipinski definition) is 1. The molecule has 3 heterocycles. The van der Waals surface area contributed by atoms with E-state index in [1.807, 2.05) is 54.6 Å². The summed E-state index contributed by atoms with van der Waals surface area (Å²) in [6, 6.07) is 19.5. The zero-order valence-electron chi connectivity index (χ0n) is 16.2. The van der Waals surface area contributed by atoms with Crippen LogP contribution in [0.4, 0.5) is 4.79 Å². The lowest BCUT2D eigenvalue weighted by molar-refractivity contribution is -0.115. The number of nitrogens with one attached hydrogen (secondary N) is 1. The van der Waals surface area contributed by atoms with Crippen molar-refractivity contribution in [2.45, 2.75) is 6.61 Å².